The van der Waals surface area contributed by atoms with Crippen LogP contribution >= 0.6 is 0 Å². The molecule has 9 rings (SSSR count). The maximum absolute atomic E-state index is 5.33. The molecule has 0 aliphatic carbocycles. The maximum atomic E-state index is 5.33. The number of hydrogen-bond acceptors (Lipinski definition) is 3. The van der Waals surface area contributed by atoms with Crippen LogP contribution in [0.25, 0.3) is 66.4 Å². The summed E-state index contributed by atoms with van der Waals surface area (Å²) in [6.45, 7) is 0. The van der Waals surface area contributed by atoms with E-state index in [-0.39, 0.29) is 0 Å². The predicted molar refractivity (Wildman–Crippen MR) is 173 cm³/mol. The van der Waals surface area contributed by atoms with Gasteiger partial charge < -0.3 is 4.98 Å². The van der Waals surface area contributed by atoms with Gasteiger partial charge in [0.05, 0.1) is 33.8 Å². The molecule has 196 valence electrons. The third kappa shape index (κ3) is 3.42. The van der Waals surface area contributed by atoms with Crippen LogP contribution < -0.4 is 4.90 Å². The number of hydrogen-bond donors (Lipinski definition) is 1. The van der Waals surface area contributed by atoms with Crippen LogP contribution in [0.2, 0.25) is 0 Å². The van der Waals surface area contributed by atoms with Crippen LogP contribution in [0.3, 0.4) is 0 Å². The van der Waals surface area contributed by atoms with Crippen molar-refractivity contribution in [2.45, 2.75) is 0 Å². The second-order valence-electron chi connectivity index (χ2n) is 10.8. The molecule has 5 aromatic carbocycles. The summed E-state index contributed by atoms with van der Waals surface area (Å²) >= 11 is 0. The van der Waals surface area contributed by atoms with Crippen LogP contribution in [0.4, 0.5) is 17.2 Å². The molecule has 4 nitrogen and oxygen atoms in total. The number of aromatic amines is 1. The van der Waals surface area contributed by atoms with Gasteiger partial charge in [0.1, 0.15) is 5.82 Å². The summed E-state index contributed by atoms with van der Waals surface area (Å²) in [6.07, 6.45) is 0. The Morgan fingerprint density at radius 1 is 0.476 bits per heavy atom. The van der Waals surface area contributed by atoms with Gasteiger partial charge in [0, 0.05) is 38.5 Å². The molecule has 0 saturated carbocycles. The summed E-state index contributed by atoms with van der Waals surface area (Å²) < 4.78 is 0. The normalized spacial score (nSPS) is 12.2. The number of para-hydroxylation sites is 2. The van der Waals surface area contributed by atoms with Crippen LogP contribution in [0.5, 0.6) is 0 Å². The summed E-state index contributed by atoms with van der Waals surface area (Å²) in [5.74, 6) is 0.853. The third-order valence-electron chi connectivity index (χ3n) is 8.34. The van der Waals surface area contributed by atoms with Crippen LogP contribution in [-0.4, -0.2) is 15.0 Å². The standard InChI is InChI=1S/C38H24N4/c1-2-13-27-24(9-1)10-4-21-35(27)42-26-12-3-11-25(23-26)32-18-7-19-33(39-32)30-16-5-14-28-29-15-6-17-31(38(29)41-37(28)30)34-20-8-22-36(42)40-34/h1-23,41H. The second kappa shape index (κ2) is 8.88. The maximum Gasteiger partial charge on any atom is 0.138 e. The minimum atomic E-state index is 0.853. The van der Waals surface area contributed by atoms with Crippen molar-refractivity contribution in [1.82, 2.24) is 15.0 Å². The molecule has 1 aliphatic rings. The Balaban J connectivity index is 1.42. The lowest BCUT2D eigenvalue weighted by atomic mass is 10.0. The zero-order chi connectivity index (χ0) is 27.6. The zero-order valence-electron chi connectivity index (χ0n) is 22.6. The van der Waals surface area contributed by atoms with Crippen molar-refractivity contribution < 1.29 is 0 Å². The van der Waals surface area contributed by atoms with Gasteiger partial charge in [0.2, 0.25) is 0 Å². The number of nitrogens with one attached hydrogen (secondary N) is 1. The number of anilines is 3. The van der Waals surface area contributed by atoms with Gasteiger partial charge in [0.25, 0.3) is 0 Å². The van der Waals surface area contributed by atoms with E-state index in [9.17, 15) is 0 Å². The third-order valence-corrected chi connectivity index (χ3v) is 8.34. The molecule has 0 unspecified atom stereocenters. The predicted octanol–water partition coefficient (Wildman–Crippen LogP) is 10.0. The van der Waals surface area contributed by atoms with Crippen molar-refractivity contribution in [3.05, 3.63) is 140 Å². The molecule has 8 aromatic rings. The van der Waals surface area contributed by atoms with Crippen molar-refractivity contribution in [2.24, 2.45) is 0 Å². The van der Waals surface area contributed by atoms with Gasteiger partial charge in [-0.15, -0.1) is 0 Å². The lowest BCUT2D eigenvalue weighted by Crippen LogP contribution is -2.12. The summed E-state index contributed by atoms with van der Waals surface area (Å²) in [5.41, 5.74) is 10.3. The Bertz CT molecular complexity index is 2330. The van der Waals surface area contributed by atoms with Crippen LogP contribution in [0.1, 0.15) is 0 Å². The molecule has 4 heteroatoms. The van der Waals surface area contributed by atoms with E-state index >= 15 is 0 Å². The molecular formula is C38H24N4. The highest BCUT2D eigenvalue weighted by Gasteiger charge is 2.20. The molecule has 0 saturated heterocycles. The molecule has 0 radical (unpaired) electrons. The summed E-state index contributed by atoms with van der Waals surface area (Å²) in [6, 6.07) is 49.1. The summed E-state index contributed by atoms with van der Waals surface area (Å²) in [5, 5.41) is 4.71. The Hall–Kier alpha value is -5.74. The number of nitrogens with zero attached hydrogens (tertiary/aromatic N) is 3. The monoisotopic (exact) mass is 536 g/mol. The van der Waals surface area contributed by atoms with Gasteiger partial charge in [-0.2, -0.15) is 0 Å². The van der Waals surface area contributed by atoms with Gasteiger partial charge in [-0.3, -0.25) is 4.90 Å². The zero-order valence-corrected chi connectivity index (χ0v) is 22.6. The van der Waals surface area contributed by atoms with E-state index in [0.29, 0.717) is 0 Å². The fraction of sp³-hybridized carbons (Fsp3) is 0. The van der Waals surface area contributed by atoms with Crippen LogP contribution in [-0.2, 0) is 0 Å². The Morgan fingerprint density at radius 3 is 1.93 bits per heavy atom. The topological polar surface area (TPSA) is 44.8 Å². The molecule has 0 atom stereocenters. The molecule has 0 fully saturated rings. The number of fused-ring (bicyclic) bond motifs is 11. The SMILES string of the molecule is c1cc2cc(c1)N(c1cccc3ccccc13)c1cccc(n1)-c1cccc3c1[nH]c1c(cccc13)-c1cccc-2n1. The highest BCUT2D eigenvalue weighted by Crippen LogP contribution is 2.42. The smallest absolute Gasteiger partial charge is 0.138 e. The highest BCUT2D eigenvalue weighted by atomic mass is 15.2. The Kier molecular flexibility index (Phi) is 4.87. The minimum Gasteiger partial charge on any atom is -0.353 e. The number of rotatable bonds is 1. The fourth-order valence-electron chi connectivity index (χ4n) is 6.42. The van der Waals surface area contributed by atoms with E-state index in [2.05, 4.69) is 149 Å². The Labute approximate surface area is 242 Å². The van der Waals surface area contributed by atoms with Crippen molar-refractivity contribution in [3.8, 4) is 33.8 Å². The molecule has 0 spiro atoms. The molecule has 1 N–H and O–H groups in total. The van der Waals surface area contributed by atoms with E-state index in [4.69, 9.17) is 9.97 Å². The number of aromatic nitrogens is 3. The average Bonchev–Trinajstić information content (AvgIpc) is 3.44. The van der Waals surface area contributed by atoms with Gasteiger partial charge in [-0.1, -0.05) is 97.1 Å². The van der Waals surface area contributed by atoms with Gasteiger partial charge in [-0.25, -0.2) is 9.97 Å². The first-order valence-electron chi connectivity index (χ1n) is 14.2. The molecule has 42 heavy (non-hydrogen) atoms. The molecule has 0 amide bonds. The van der Waals surface area contributed by atoms with Gasteiger partial charge in [-0.05, 0) is 47.9 Å². The van der Waals surface area contributed by atoms with E-state index in [1.807, 2.05) is 0 Å². The molecular weight excluding hydrogens is 512 g/mol. The first-order valence-corrected chi connectivity index (χ1v) is 14.2. The van der Waals surface area contributed by atoms with Gasteiger partial charge >= 0.3 is 0 Å². The lowest BCUT2D eigenvalue weighted by Gasteiger charge is -2.26. The first-order chi connectivity index (χ1) is 20.8. The molecule has 1 aliphatic heterocycles. The average molecular weight is 537 g/mol. The van der Waals surface area contributed by atoms with E-state index in [0.717, 1.165) is 62.0 Å². The Morgan fingerprint density at radius 2 is 1.10 bits per heavy atom. The van der Waals surface area contributed by atoms with Crippen LogP contribution in [0.15, 0.2) is 140 Å². The number of pyridine rings is 2. The number of H-pyrrole nitrogens is 1. The molecule has 3 aromatic heterocycles. The highest BCUT2D eigenvalue weighted by molar-refractivity contribution is 6.15. The van der Waals surface area contributed by atoms with Crippen molar-refractivity contribution in [3.63, 3.8) is 0 Å². The summed E-state index contributed by atoms with van der Waals surface area (Å²) in [7, 11) is 0. The second-order valence-corrected chi connectivity index (χ2v) is 10.8. The van der Waals surface area contributed by atoms with E-state index in [1.165, 1.54) is 21.5 Å². The molecule has 8 bridgehead atoms. The quantitative estimate of drug-likeness (QED) is 0.227. The summed E-state index contributed by atoms with van der Waals surface area (Å²) in [4.78, 5) is 16.6. The number of benzene rings is 5. The largest absolute Gasteiger partial charge is 0.353 e. The fourth-order valence-corrected chi connectivity index (χ4v) is 6.42. The molecule has 4 heterocycles. The van der Waals surface area contributed by atoms with Gasteiger partial charge in [0.15, 0.2) is 0 Å². The van der Waals surface area contributed by atoms with Crippen molar-refractivity contribution >= 4 is 49.8 Å². The first kappa shape index (κ1) is 23.0. The minimum absolute atomic E-state index is 0.853. The van der Waals surface area contributed by atoms with Crippen molar-refractivity contribution in [2.75, 3.05) is 4.90 Å². The van der Waals surface area contributed by atoms with E-state index < -0.39 is 0 Å². The van der Waals surface area contributed by atoms with E-state index in [1.54, 1.807) is 0 Å². The lowest BCUT2D eigenvalue weighted by molar-refractivity contribution is 1.19. The van der Waals surface area contributed by atoms with Crippen molar-refractivity contribution in [1.29, 1.82) is 0 Å². The van der Waals surface area contributed by atoms with Crippen LogP contribution in [0, 0.1) is 0 Å².